The summed E-state index contributed by atoms with van der Waals surface area (Å²) in [5, 5.41) is 0. The first-order valence-corrected chi connectivity index (χ1v) is 14.0. The lowest BCUT2D eigenvalue weighted by atomic mass is 9.32. The third kappa shape index (κ3) is 2.75. The summed E-state index contributed by atoms with van der Waals surface area (Å²) >= 11 is 0. The van der Waals surface area contributed by atoms with E-state index < -0.39 is 0 Å². The highest BCUT2D eigenvalue weighted by Gasteiger charge is 2.71. The first-order chi connectivity index (χ1) is 15.8. The molecule has 0 bridgehead atoms. The van der Waals surface area contributed by atoms with Gasteiger partial charge in [-0.05, 0) is 111 Å². The van der Waals surface area contributed by atoms with Crippen molar-refractivity contribution in [2.24, 2.45) is 62.5 Å². The van der Waals surface area contributed by atoms with Crippen molar-refractivity contribution in [1.82, 2.24) is 5.43 Å². The molecular weight excluding hydrogens is 420 g/mol. The van der Waals surface area contributed by atoms with Crippen molar-refractivity contribution >= 4 is 11.7 Å². The van der Waals surface area contributed by atoms with Crippen LogP contribution in [0.15, 0.2) is 12.2 Å². The van der Waals surface area contributed by atoms with Gasteiger partial charge in [0, 0.05) is 11.8 Å². The second-order valence-electron chi connectivity index (χ2n) is 14.5. The summed E-state index contributed by atoms with van der Waals surface area (Å²) in [6.07, 6.45) is 10.7. The summed E-state index contributed by atoms with van der Waals surface area (Å²) in [7, 11) is 0. The molecule has 0 radical (unpaired) electrons. The predicted molar refractivity (Wildman–Crippen MR) is 136 cm³/mol. The number of fused-ring (bicyclic) bond motifs is 7. The number of carbonyl (C=O) groups excluding carboxylic acids is 2. The summed E-state index contributed by atoms with van der Waals surface area (Å²) in [5.74, 6) is 8.76. The van der Waals surface area contributed by atoms with Gasteiger partial charge in [-0.2, -0.15) is 0 Å². The molecule has 5 aliphatic carbocycles. The van der Waals surface area contributed by atoms with Crippen LogP contribution in [-0.4, -0.2) is 11.7 Å². The fourth-order valence-electron chi connectivity index (χ4n) is 11.5. The van der Waals surface area contributed by atoms with Crippen molar-refractivity contribution in [2.45, 2.75) is 106 Å². The number of Topliss-reactive ketones (excluding diaryl/α,β-unsaturated/α-hetero) is 1. The molecule has 5 fully saturated rings. The third-order valence-corrected chi connectivity index (χ3v) is 13.4. The van der Waals surface area contributed by atoms with Crippen LogP contribution in [0.25, 0.3) is 0 Å². The van der Waals surface area contributed by atoms with E-state index in [1.165, 1.54) is 24.8 Å². The number of rotatable bonds is 2. The molecule has 34 heavy (non-hydrogen) atoms. The normalized spacial score (nSPS) is 51.5. The van der Waals surface area contributed by atoms with E-state index in [1.54, 1.807) is 0 Å². The smallest absolute Gasteiger partial charge is 0.240 e. The molecule has 5 rings (SSSR count). The van der Waals surface area contributed by atoms with Gasteiger partial charge in [-0.1, -0.05) is 46.8 Å². The van der Waals surface area contributed by atoms with Gasteiger partial charge >= 0.3 is 0 Å². The van der Waals surface area contributed by atoms with Gasteiger partial charge in [-0.25, -0.2) is 5.84 Å². The molecule has 3 N–H and O–H groups in total. The number of nitrogens with one attached hydrogen (secondary N) is 1. The molecule has 0 aromatic rings. The Morgan fingerprint density at radius 3 is 2.26 bits per heavy atom. The van der Waals surface area contributed by atoms with Gasteiger partial charge in [-0.3, -0.25) is 15.0 Å². The fourth-order valence-corrected chi connectivity index (χ4v) is 11.5. The summed E-state index contributed by atoms with van der Waals surface area (Å²) in [6, 6.07) is 0. The SMILES string of the molecule is C=C(C)[C@@H]1CC[C@]2(C(=O)NN)CC[C@@]3(C)C(CCC4[C@@]5(C)CCC(=O)C(C)(C)C5CC[C@]43C)C12. The zero-order valence-corrected chi connectivity index (χ0v) is 22.6. The second kappa shape index (κ2) is 7.43. The number of ketones is 1. The summed E-state index contributed by atoms with van der Waals surface area (Å²) in [5.41, 5.74) is 3.97. The summed E-state index contributed by atoms with van der Waals surface area (Å²) in [4.78, 5) is 26.3. The monoisotopic (exact) mass is 468 g/mol. The molecule has 0 saturated heterocycles. The molecule has 4 nitrogen and oxygen atoms in total. The standard InChI is InChI=1S/C30H48N2O2/c1-18(2)19-10-15-30(25(34)32-31)17-16-28(6)20(24(19)30)8-9-22-27(5)13-12-23(33)26(3,4)21(27)11-14-29(22,28)7/h19-22,24H,1,8-17,31H2,2-7H3,(H,32,34)/t19-,20?,21?,22?,24?,27-,28-,29+,30-/m0/s1. The maximum Gasteiger partial charge on any atom is 0.240 e. The highest BCUT2D eigenvalue weighted by Crippen LogP contribution is 2.77. The first kappa shape index (κ1) is 24.5. The predicted octanol–water partition coefficient (Wildman–Crippen LogP) is 6.20. The van der Waals surface area contributed by atoms with Gasteiger partial charge in [0.15, 0.2) is 0 Å². The largest absolute Gasteiger partial charge is 0.299 e. The quantitative estimate of drug-likeness (QED) is 0.219. The Kier molecular flexibility index (Phi) is 5.36. The topological polar surface area (TPSA) is 72.2 Å². The van der Waals surface area contributed by atoms with Crippen molar-refractivity contribution in [3.63, 3.8) is 0 Å². The lowest BCUT2D eigenvalue weighted by Crippen LogP contribution is -2.67. The van der Waals surface area contributed by atoms with Crippen molar-refractivity contribution in [3.05, 3.63) is 12.2 Å². The Hall–Kier alpha value is -1.16. The van der Waals surface area contributed by atoms with Gasteiger partial charge in [-0.15, -0.1) is 0 Å². The lowest BCUT2D eigenvalue weighted by Gasteiger charge is -2.72. The van der Waals surface area contributed by atoms with Gasteiger partial charge in [0.25, 0.3) is 0 Å². The minimum Gasteiger partial charge on any atom is -0.299 e. The molecule has 190 valence electrons. The fraction of sp³-hybridized carbons (Fsp3) is 0.867. The molecule has 5 saturated carbocycles. The van der Waals surface area contributed by atoms with E-state index in [0.29, 0.717) is 35.4 Å². The molecule has 0 aromatic heterocycles. The molecular formula is C30H48N2O2. The van der Waals surface area contributed by atoms with Gasteiger partial charge < -0.3 is 0 Å². The van der Waals surface area contributed by atoms with Crippen LogP contribution >= 0.6 is 0 Å². The minimum atomic E-state index is -0.327. The van der Waals surface area contributed by atoms with Gasteiger partial charge in [0.1, 0.15) is 5.78 Å². The number of amides is 1. The number of hydrogen-bond acceptors (Lipinski definition) is 3. The van der Waals surface area contributed by atoms with Crippen LogP contribution < -0.4 is 11.3 Å². The Balaban J connectivity index is 1.57. The van der Waals surface area contributed by atoms with Crippen LogP contribution in [-0.2, 0) is 9.59 Å². The maximum absolute atomic E-state index is 13.3. The van der Waals surface area contributed by atoms with Crippen LogP contribution in [0.5, 0.6) is 0 Å². The Morgan fingerprint density at radius 1 is 0.912 bits per heavy atom. The Bertz CT molecular complexity index is 925. The first-order valence-electron chi connectivity index (χ1n) is 14.0. The molecule has 9 atom stereocenters. The number of hydrazine groups is 1. The summed E-state index contributed by atoms with van der Waals surface area (Å²) in [6.45, 7) is 18.8. The van der Waals surface area contributed by atoms with E-state index in [2.05, 4.69) is 53.5 Å². The van der Waals surface area contributed by atoms with Crippen LogP contribution in [0.4, 0.5) is 0 Å². The van der Waals surface area contributed by atoms with E-state index in [-0.39, 0.29) is 33.0 Å². The van der Waals surface area contributed by atoms with Crippen molar-refractivity contribution in [3.8, 4) is 0 Å². The Morgan fingerprint density at radius 2 is 1.62 bits per heavy atom. The van der Waals surface area contributed by atoms with E-state index in [4.69, 9.17) is 5.84 Å². The number of nitrogens with two attached hydrogens (primary N) is 1. The highest BCUT2D eigenvalue weighted by molar-refractivity contribution is 5.85. The number of carbonyl (C=O) groups is 2. The van der Waals surface area contributed by atoms with Crippen molar-refractivity contribution in [1.29, 1.82) is 0 Å². The zero-order valence-electron chi connectivity index (χ0n) is 22.6. The molecule has 4 heteroatoms. The van der Waals surface area contributed by atoms with Crippen molar-refractivity contribution < 1.29 is 9.59 Å². The van der Waals surface area contributed by atoms with Gasteiger partial charge in [0.05, 0.1) is 5.41 Å². The Labute approximate surface area is 207 Å². The second-order valence-corrected chi connectivity index (χ2v) is 14.5. The lowest BCUT2D eigenvalue weighted by molar-refractivity contribution is -0.233. The molecule has 0 heterocycles. The van der Waals surface area contributed by atoms with Crippen LogP contribution in [0.2, 0.25) is 0 Å². The average molecular weight is 469 g/mol. The zero-order chi connectivity index (χ0) is 24.9. The number of allylic oxidation sites excluding steroid dienone is 1. The highest BCUT2D eigenvalue weighted by atomic mass is 16.2. The molecule has 0 spiro atoms. The van der Waals surface area contributed by atoms with E-state index in [0.717, 1.165) is 44.9 Å². The van der Waals surface area contributed by atoms with Crippen molar-refractivity contribution in [2.75, 3.05) is 0 Å². The van der Waals surface area contributed by atoms with Crippen LogP contribution in [0.1, 0.15) is 106 Å². The number of hydrogen-bond donors (Lipinski definition) is 2. The molecule has 4 unspecified atom stereocenters. The average Bonchev–Trinajstić information content (AvgIpc) is 3.18. The minimum absolute atomic E-state index is 0.0683. The van der Waals surface area contributed by atoms with E-state index in [1.807, 2.05) is 0 Å². The van der Waals surface area contributed by atoms with Gasteiger partial charge in [0.2, 0.25) is 5.91 Å². The van der Waals surface area contributed by atoms with Crippen LogP contribution in [0, 0.1) is 56.7 Å². The van der Waals surface area contributed by atoms with E-state index >= 15 is 0 Å². The van der Waals surface area contributed by atoms with Crippen LogP contribution in [0.3, 0.4) is 0 Å². The summed E-state index contributed by atoms with van der Waals surface area (Å²) < 4.78 is 0. The maximum atomic E-state index is 13.3. The third-order valence-electron chi connectivity index (χ3n) is 13.4. The molecule has 1 amide bonds. The molecule has 0 aromatic carbocycles. The van der Waals surface area contributed by atoms with E-state index in [9.17, 15) is 9.59 Å². The molecule has 0 aliphatic heterocycles. The molecule has 5 aliphatic rings.